The third-order valence-corrected chi connectivity index (χ3v) is 4.16. The van der Waals surface area contributed by atoms with Crippen molar-refractivity contribution >= 4 is 17.5 Å². The van der Waals surface area contributed by atoms with E-state index in [9.17, 15) is 9.59 Å². The summed E-state index contributed by atoms with van der Waals surface area (Å²) in [6.45, 7) is 7.73. The zero-order valence-corrected chi connectivity index (χ0v) is 16.2. The summed E-state index contributed by atoms with van der Waals surface area (Å²) in [5.74, 6) is 1.04. The molecule has 1 aromatic carbocycles. The van der Waals surface area contributed by atoms with Gasteiger partial charge < -0.3 is 19.5 Å². The molecule has 144 valence electrons. The number of aromatic nitrogens is 2. The molecule has 1 aliphatic heterocycles. The average molecular weight is 372 g/mol. The van der Waals surface area contributed by atoms with E-state index in [4.69, 9.17) is 9.26 Å². The molecule has 0 radical (unpaired) electrons. The van der Waals surface area contributed by atoms with Gasteiger partial charge in [0.25, 0.3) is 11.8 Å². The minimum absolute atomic E-state index is 0.0745. The number of fused-ring (bicyclic) bond motifs is 1. The van der Waals surface area contributed by atoms with Crippen LogP contribution >= 0.6 is 0 Å². The second kappa shape index (κ2) is 7.02. The van der Waals surface area contributed by atoms with Crippen molar-refractivity contribution in [1.82, 2.24) is 15.5 Å². The zero-order chi connectivity index (χ0) is 19.8. The lowest BCUT2D eigenvalue weighted by Gasteiger charge is -2.23. The lowest BCUT2D eigenvalue weighted by molar-refractivity contribution is -0.129. The second-order valence-electron chi connectivity index (χ2n) is 7.90. The topological polar surface area (TPSA) is 97.6 Å². The molecule has 1 N–H and O–H groups in total. The third-order valence-electron chi connectivity index (χ3n) is 4.16. The number of benzene rings is 1. The summed E-state index contributed by atoms with van der Waals surface area (Å²) in [6.07, 6.45) is 0.327. The fraction of sp³-hybridized carbons (Fsp3) is 0.474. The van der Waals surface area contributed by atoms with Crippen LogP contribution in [0.25, 0.3) is 11.5 Å². The molecule has 2 aromatic rings. The molecule has 1 atom stereocenters. The number of nitrogens with zero attached hydrogens (tertiary/aromatic N) is 3. The molecular formula is C19H24N4O4. The first-order valence-corrected chi connectivity index (χ1v) is 8.78. The number of carbonyl (C=O) groups excluding carboxylic acids is 2. The van der Waals surface area contributed by atoms with Crippen molar-refractivity contribution in [3.05, 3.63) is 24.0 Å². The van der Waals surface area contributed by atoms with Gasteiger partial charge in [0.15, 0.2) is 5.82 Å². The predicted octanol–water partition coefficient (Wildman–Crippen LogP) is 2.32. The van der Waals surface area contributed by atoms with E-state index < -0.39 is 6.04 Å². The van der Waals surface area contributed by atoms with E-state index in [1.807, 2.05) is 20.8 Å². The number of anilines is 1. The molecule has 3 rings (SSSR count). The summed E-state index contributed by atoms with van der Waals surface area (Å²) in [7, 11) is 1.65. The molecule has 0 bridgehead atoms. The highest BCUT2D eigenvalue weighted by Gasteiger charge is 2.31. The van der Waals surface area contributed by atoms with Crippen LogP contribution < -0.4 is 15.0 Å². The maximum atomic E-state index is 12.8. The Morgan fingerprint density at radius 3 is 2.74 bits per heavy atom. The number of amides is 2. The Labute approximate surface area is 157 Å². The number of likely N-dealkylation sites (N-methyl/N-ethyl adjacent to an activating group) is 1. The van der Waals surface area contributed by atoms with Crippen LogP contribution in [-0.2, 0) is 9.59 Å². The van der Waals surface area contributed by atoms with Crippen molar-refractivity contribution < 1.29 is 18.8 Å². The van der Waals surface area contributed by atoms with E-state index in [2.05, 4.69) is 15.5 Å². The number of hydrogen-bond acceptors (Lipinski definition) is 6. The van der Waals surface area contributed by atoms with Gasteiger partial charge in [0.05, 0.1) is 5.69 Å². The summed E-state index contributed by atoms with van der Waals surface area (Å²) in [6, 6.07) is 4.57. The second-order valence-corrected chi connectivity index (χ2v) is 7.90. The average Bonchev–Trinajstić information content (AvgIpc) is 2.97. The quantitative estimate of drug-likeness (QED) is 0.888. The molecular weight excluding hydrogens is 348 g/mol. The molecule has 0 spiro atoms. The number of nitrogens with one attached hydrogen (secondary N) is 1. The van der Waals surface area contributed by atoms with Crippen molar-refractivity contribution in [3.63, 3.8) is 0 Å². The van der Waals surface area contributed by atoms with E-state index in [0.29, 0.717) is 35.1 Å². The summed E-state index contributed by atoms with van der Waals surface area (Å²) in [4.78, 5) is 30.8. The third kappa shape index (κ3) is 4.27. The number of hydrogen-bond donors (Lipinski definition) is 1. The summed E-state index contributed by atoms with van der Waals surface area (Å²) >= 11 is 0. The Kier molecular flexibility index (Phi) is 4.91. The highest BCUT2D eigenvalue weighted by Crippen LogP contribution is 2.34. The SMILES string of the molecule is Cc1noc(-c2ccc3c(c2)N(C)C(=O)[C@@H](NC(=O)CC(C)(C)C)CO3)n1. The minimum Gasteiger partial charge on any atom is -0.489 e. The summed E-state index contributed by atoms with van der Waals surface area (Å²) in [5.41, 5.74) is 1.11. The van der Waals surface area contributed by atoms with Crippen LogP contribution in [0.4, 0.5) is 5.69 Å². The van der Waals surface area contributed by atoms with Crippen LogP contribution in [0.5, 0.6) is 5.75 Å². The Morgan fingerprint density at radius 1 is 1.37 bits per heavy atom. The highest BCUT2D eigenvalue weighted by molar-refractivity contribution is 6.01. The van der Waals surface area contributed by atoms with Gasteiger partial charge in [-0.3, -0.25) is 9.59 Å². The van der Waals surface area contributed by atoms with Gasteiger partial charge in [0.1, 0.15) is 18.4 Å². The fourth-order valence-corrected chi connectivity index (χ4v) is 2.88. The molecule has 1 aromatic heterocycles. The van der Waals surface area contributed by atoms with Gasteiger partial charge in [-0.05, 0) is 30.5 Å². The molecule has 8 heteroatoms. The summed E-state index contributed by atoms with van der Waals surface area (Å²) < 4.78 is 11.0. The molecule has 0 aliphatic carbocycles. The first kappa shape index (κ1) is 18.9. The van der Waals surface area contributed by atoms with Crippen LogP contribution in [0.15, 0.2) is 22.7 Å². The van der Waals surface area contributed by atoms with E-state index >= 15 is 0 Å². The lowest BCUT2D eigenvalue weighted by Crippen LogP contribution is -2.49. The maximum absolute atomic E-state index is 12.8. The van der Waals surface area contributed by atoms with E-state index in [1.165, 1.54) is 4.90 Å². The molecule has 0 saturated heterocycles. The summed E-state index contributed by atoms with van der Waals surface area (Å²) in [5, 5.41) is 6.57. The molecule has 8 nitrogen and oxygen atoms in total. The fourth-order valence-electron chi connectivity index (χ4n) is 2.88. The predicted molar refractivity (Wildman–Crippen MR) is 99.4 cm³/mol. The number of carbonyl (C=O) groups is 2. The van der Waals surface area contributed by atoms with Crippen LogP contribution in [0.1, 0.15) is 33.0 Å². The van der Waals surface area contributed by atoms with Crippen molar-refractivity contribution in [1.29, 1.82) is 0 Å². The molecule has 0 fully saturated rings. The Morgan fingerprint density at radius 2 is 2.11 bits per heavy atom. The van der Waals surface area contributed by atoms with Crippen LogP contribution in [0, 0.1) is 12.3 Å². The van der Waals surface area contributed by atoms with E-state index in [-0.39, 0.29) is 23.8 Å². The van der Waals surface area contributed by atoms with Crippen LogP contribution in [0.3, 0.4) is 0 Å². The van der Waals surface area contributed by atoms with Gasteiger partial charge in [-0.2, -0.15) is 4.98 Å². The van der Waals surface area contributed by atoms with Crippen molar-refractivity contribution in [3.8, 4) is 17.2 Å². The van der Waals surface area contributed by atoms with Crippen molar-refractivity contribution in [2.24, 2.45) is 5.41 Å². The van der Waals surface area contributed by atoms with Gasteiger partial charge in [0, 0.05) is 19.0 Å². The number of ether oxygens (including phenoxy) is 1. The Balaban J connectivity index is 1.82. The molecule has 0 unspecified atom stereocenters. The van der Waals surface area contributed by atoms with Crippen LogP contribution in [0.2, 0.25) is 0 Å². The van der Waals surface area contributed by atoms with E-state index in [0.717, 1.165) is 0 Å². The molecule has 27 heavy (non-hydrogen) atoms. The lowest BCUT2D eigenvalue weighted by atomic mass is 9.92. The van der Waals surface area contributed by atoms with Gasteiger partial charge in [0.2, 0.25) is 5.91 Å². The largest absolute Gasteiger partial charge is 0.489 e. The van der Waals surface area contributed by atoms with E-state index in [1.54, 1.807) is 32.2 Å². The Hall–Kier alpha value is -2.90. The van der Waals surface area contributed by atoms with Gasteiger partial charge in [-0.25, -0.2) is 0 Å². The van der Waals surface area contributed by atoms with Crippen molar-refractivity contribution in [2.45, 2.75) is 40.2 Å². The first-order valence-electron chi connectivity index (χ1n) is 8.78. The number of aryl methyl sites for hydroxylation is 1. The highest BCUT2D eigenvalue weighted by atomic mass is 16.5. The smallest absolute Gasteiger partial charge is 0.257 e. The maximum Gasteiger partial charge on any atom is 0.257 e. The molecule has 2 heterocycles. The Bertz CT molecular complexity index is 869. The molecule has 1 aliphatic rings. The number of rotatable bonds is 3. The van der Waals surface area contributed by atoms with Gasteiger partial charge >= 0.3 is 0 Å². The normalized spacial score (nSPS) is 17.1. The first-order chi connectivity index (χ1) is 12.6. The standard InChI is InChI=1S/C19H24N4O4/c1-11-20-17(27-22-11)12-6-7-15-14(8-12)23(5)18(25)13(10-26-15)21-16(24)9-19(2,3)4/h6-8,13H,9-10H2,1-5H3,(H,21,24)/t13-/m0/s1. The van der Waals surface area contributed by atoms with Crippen molar-refractivity contribution in [2.75, 3.05) is 18.6 Å². The van der Waals surface area contributed by atoms with Gasteiger partial charge in [-0.15, -0.1) is 0 Å². The molecule has 2 amide bonds. The minimum atomic E-state index is -0.744. The van der Waals surface area contributed by atoms with Crippen LogP contribution in [-0.4, -0.2) is 41.7 Å². The van der Waals surface area contributed by atoms with Gasteiger partial charge in [-0.1, -0.05) is 25.9 Å². The zero-order valence-electron chi connectivity index (χ0n) is 16.2. The molecule has 0 saturated carbocycles. The monoisotopic (exact) mass is 372 g/mol.